The molecule has 11 heavy (non-hydrogen) atoms. The van der Waals surface area contributed by atoms with Gasteiger partial charge in [0.25, 0.3) is 0 Å². The SMILES string of the molecule is O=C1CCNC2=NCCCN12. The second kappa shape index (κ2) is 2.53. The second-order valence-corrected chi connectivity index (χ2v) is 2.78. The summed E-state index contributed by atoms with van der Waals surface area (Å²) in [7, 11) is 0. The number of hydrogen-bond donors (Lipinski definition) is 1. The first-order chi connectivity index (χ1) is 5.38. The standard InChI is InChI=1S/C7H11N3O/c11-6-2-4-9-7-8-3-1-5-10(6)7/h1-5H2,(H,8,9). The largest absolute Gasteiger partial charge is 0.355 e. The van der Waals surface area contributed by atoms with Gasteiger partial charge >= 0.3 is 0 Å². The van der Waals surface area contributed by atoms with Gasteiger partial charge in [-0.15, -0.1) is 0 Å². The fourth-order valence-corrected chi connectivity index (χ4v) is 1.42. The van der Waals surface area contributed by atoms with Crippen molar-refractivity contribution in [1.82, 2.24) is 10.2 Å². The quantitative estimate of drug-likeness (QED) is 0.513. The molecule has 0 unspecified atom stereocenters. The lowest BCUT2D eigenvalue weighted by atomic mass is 10.2. The van der Waals surface area contributed by atoms with Crippen LogP contribution >= 0.6 is 0 Å². The predicted molar refractivity (Wildman–Crippen MR) is 41.3 cm³/mol. The molecule has 2 rings (SSSR count). The molecule has 0 aromatic heterocycles. The van der Waals surface area contributed by atoms with E-state index in [0.29, 0.717) is 6.42 Å². The number of carbonyl (C=O) groups excluding carboxylic acids is 1. The van der Waals surface area contributed by atoms with Gasteiger partial charge in [0.05, 0.1) is 0 Å². The van der Waals surface area contributed by atoms with Crippen LogP contribution in [0.1, 0.15) is 12.8 Å². The van der Waals surface area contributed by atoms with Crippen molar-refractivity contribution in [3.63, 3.8) is 0 Å². The number of carbonyl (C=O) groups is 1. The van der Waals surface area contributed by atoms with E-state index >= 15 is 0 Å². The summed E-state index contributed by atoms with van der Waals surface area (Å²) in [6.45, 7) is 2.44. The fraction of sp³-hybridized carbons (Fsp3) is 0.714. The van der Waals surface area contributed by atoms with Crippen molar-refractivity contribution in [2.45, 2.75) is 12.8 Å². The van der Waals surface area contributed by atoms with Crippen LogP contribution in [0.4, 0.5) is 0 Å². The van der Waals surface area contributed by atoms with E-state index in [9.17, 15) is 4.79 Å². The Morgan fingerprint density at radius 2 is 2.45 bits per heavy atom. The van der Waals surface area contributed by atoms with Crippen LogP contribution in [0.2, 0.25) is 0 Å². The summed E-state index contributed by atoms with van der Waals surface area (Å²) < 4.78 is 0. The van der Waals surface area contributed by atoms with Gasteiger partial charge < -0.3 is 5.32 Å². The molecule has 2 heterocycles. The van der Waals surface area contributed by atoms with Crippen LogP contribution < -0.4 is 5.32 Å². The summed E-state index contributed by atoms with van der Waals surface area (Å²) in [5, 5.41) is 3.11. The predicted octanol–water partition coefficient (Wildman–Crippen LogP) is -0.432. The zero-order valence-corrected chi connectivity index (χ0v) is 6.34. The van der Waals surface area contributed by atoms with Crippen molar-refractivity contribution in [1.29, 1.82) is 0 Å². The number of fused-ring (bicyclic) bond motifs is 1. The van der Waals surface area contributed by atoms with Gasteiger partial charge in [0, 0.05) is 26.1 Å². The Hall–Kier alpha value is -1.06. The molecule has 0 radical (unpaired) electrons. The molecule has 2 aliphatic heterocycles. The van der Waals surface area contributed by atoms with Gasteiger partial charge in [0.2, 0.25) is 11.9 Å². The first-order valence-corrected chi connectivity index (χ1v) is 3.96. The van der Waals surface area contributed by atoms with Crippen LogP contribution in [-0.4, -0.2) is 36.4 Å². The van der Waals surface area contributed by atoms with Crippen LogP contribution in [0.3, 0.4) is 0 Å². The smallest absolute Gasteiger partial charge is 0.231 e. The van der Waals surface area contributed by atoms with Crippen LogP contribution in [0, 0.1) is 0 Å². The van der Waals surface area contributed by atoms with Gasteiger partial charge in [-0.3, -0.25) is 14.7 Å². The molecule has 0 aromatic carbocycles. The average Bonchev–Trinajstić information content (AvgIpc) is 2.06. The van der Waals surface area contributed by atoms with Crippen molar-refractivity contribution >= 4 is 11.9 Å². The molecule has 0 spiro atoms. The summed E-state index contributed by atoms with van der Waals surface area (Å²) in [5.74, 6) is 0.995. The van der Waals surface area contributed by atoms with E-state index < -0.39 is 0 Å². The maximum atomic E-state index is 11.2. The number of rotatable bonds is 0. The zero-order valence-electron chi connectivity index (χ0n) is 6.34. The van der Waals surface area contributed by atoms with Crippen LogP contribution in [0.15, 0.2) is 4.99 Å². The molecule has 1 amide bonds. The highest BCUT2D eigenvalue weighted by molar-refractivity contribution is 5.99. The van der Waals surface area contributed by atoms with E-state index in [4.69, 9.17) is 0 Å². The van der Waals surface area contributed by atoms with Crippen LogP contribution in [0.5, 0.6) is 0 Å². The monoisotopic (exact) mass is 153 g/mol. The van der Waals surface area contributed by atoms with Crippen LogP contribution in [-0.2, 0) is 4.79 Å². The third-order valence-corrected chi connectivity index (χ3v) is 1.98. The van der Waals surface area contributed by atoms with Crippen molar-refractivity contribution in [2.75, 3.05) is 19.6 Å². The molecule has 1 fully saturated rings. The maximum Gasteiger partial charge on any atom is 0.231 e. The van der Waals surface area contributed by atoms with Crippen molar-refractivity contribution in [3.8, 4) is 0 Å². The summed E-state index contributed by atoms with van der Waals surface area (Å²) in [4.78, 5) is 17.2. The molecule has 1 saturated heterocycles. The lowest BCUT2D eigenvalue weighted by Crippen LogP contribution is -2.52. The molecule has 2 aliphatic rings. The third kappa shape index (κ3) is 1.08. The van der Waals surface area contributed by atoms with Crippen molar-refractivity contribution in [3.05, 3.63) is 0 Å². The minimum absolute atomic E-state index is 0.210. The van der Waals surface area contributed by atoms with Gasteiger partial charge in [-0.05, 0) is 6.42 Å². The Labute approximate surface area is 65.3 Å². The van der Waals surface area contributed by atoms with Gasteiger partial charge in [0.1, 0.15) is 0 Å². The summed E-state index contributed by atoms with van der Waals surface area (Å²) in [5.41, 5.74) is 0. The van der Waals surface area contributed by atoms with E-state index in [0.717, 1.165) is 32.0 Å². The number of amides is 1. The Morgan fingerprint density at radius 1 is 1.55 bits per heavy atom. The molecule has 4 nitrogen and oxygen atoms in total. The molecule has 0 aliphatic carbocycles. The van der Waals surface area contributed by atoms with Gasteiger partial charge in [-0.25, -0.2) is 0 Å². The number of nitrogens with zero attached hydrogens (tertiary/aromatic N) is 2. The molecular formula is C7H11N3O. The average molecular weight is 153 g/mol. The highest BCUT2D eigenvalue weighted by atomic mass is 16.2. The third-order valence-electron chi connectivity index (χ3n) is 1.98. The number of guanidine groups is 1. The second-order valence-electron chi connectivity index (χ2n) is 2.78. The van der Waals surface area contributed by atoms with E-state index in [-0.39, 0.29) is 5.91 Å². The van der Waals surface area contributed by atoms with E-state index in [1.165, 1.54) is 0 Å². The van der Waals surface area contributed by atoms with E-state index in [1.54, 1.807) is 4.90 Å². The van der Waals surface area contributed by atoms with Gasteiger partial charge in [-0.2, -0.15) is 0 Å². The van der Waals surface area contributed by atoms with Crippen molar-refractivity contribution < 1.29 is 4.79 Å². The highest BCUT2D eigenvalue weighted by Crippen LogP contribution is 2.06. The van der Waals surface area contributed by atoms with E-state index in [1.807, 2.05) is 0 Å². The van der Waals surface area contributed by atoms with Crippen LogP contribution in [0.25, 0.3) is 0 Å². The molecule has 0 saturated carbocycles. The molecule has 0 bridgehead atoms. The first-order valence-electron chi connectivity index (χ1n) is 3.96. The molecule has 0 atom stereocenters. The highest BCUT2D eigenvalue weighted by Gasteiger charge is 2.25. The maximum absolute atomic E-state index is 11.2. The Bertz CT molecular complexity index is 212. The normalized spacial score (nSPS) is 23.8. The summed E-state index contributed by atoms with van der Waals surface area (Å²) >= 11 is 0. The Kier molecular flexibility index (Phi) is 1.52. The molecule has 0 aromatic rings. The van der Waals surface area contributed by atoms with E-state index in [2.05, 4.69) is 10.3 Å². The Balaban J connectivity index is 2.20. The molecule has 4 heteroatoms. The molecular weight excluding hydrogens is 142 g/mol. The zero-order chi connectivity index (χ0) is 7.68. The lowest BCUT2D eigenvalue weighted by molar-refractivity contribution is -0.128. The van der Waals surface area contributed by atoms with Gasteiger partial charge in [0.15, 0.2) is 0 Å². The molecule has 1 N–H and O–H groups in total. The minimum atomic E-state index is 0.210. The number of hydrogen-bond acceptors (Lipinski definition) is 3. The first kappa shape index (κ1) is 6.64. The Morgan fingerprint density at radius 3 is 3.27 bits per heavy atom. The summed E-state index contributed by atoms with van der Waals surface area (Å²) in [6.07, 6.45) is 1.61. The fourth-order valence-electron chi connectivity index (χ4n) is 1.42. The number of aliphatic imine (C=N–C) groups is 1. The van der Waals surface area contributed by atoms with Crippen molar-refractivity contribution in [2.24, 2.45) is 4.99 Å². The minimum Gasteiger partial charge on any atom is -0.355 e. The summed E-state index contributed by atoms with van der Waals surface area (Å²) in [6, 6.07) is 0. The van der Waals surface area contributed by atoms with Gasteiger partial charge in [-0.1, -0.05) is 0 Å². The number of nitrogens with one attached hydrogen (secondary N) is 1. The molecule has 60 valence electrons. The topological polar surface area (TPSA) is 44.7 Å². The lowest BCUT2D eigenvalue weighted by Gasteiger charge is -2.31.